The molecule has 0 aliphatic rings. The van der Waals surface area contributed by atoms with E-state index in [1.54, 1.807) is 25.2 Å². The second-order valence-electron chi connectivity index (χ2n) is 9.10. The molecule has 0 aliphatic heterocycles. The van der Waals surface area contributed by atoms with Gasteiger partial charge in [0.15, 0.2) is 5.75 Å². The molecule has 0 unspecified atom stereocenters. The van der Waals surface area contributed by atoms with Crippen molar-refractivity contribution in [2.24, 2.45) is 5.92 Å². The number of nitrogens with one attached hydrogen (secondary N) is 2. The Labute approximate surface area is 222 Å². The Balaban J connectivity index is 1.28. The fraction of sp³-hybridized carbons (Fsp3) is 0.259. The van der Waals surface area contributed by atoms with Crippen molar-refractivity contribution in [2.45, 2.75) is 25.2 Å². The van der Waals surface area contributed by atoms with Crippen molar-refractivity contribution in [2.75, 3.05) is 29.8 Å². The van der Waals surface area contributed by atoms with Gasteiger partial charge in [-0.1, -0.05) is 44.2 Å². The van der Waals surface area contributed by atoms with Crippen LogP contribution in [-0.2, 0) is 16.4 Å². The van der Waals surface area contributed by atoms with Crippen LogP contribution >= 0.6 is 0 Å². The van der Waals surface area contributed by atoms with Gasteiger partial charge in [0.2, 0.25) is 5.95 Å². The molecule has 198 valence electrons. The van der Waals surface area contributed by atoms with Gasteiger partial charge in [-0.05, 0) is 48.2 Å². The zero-order valence-corrected chi connectivity index (χ0v) is 22.3. The first-order valence-corrected chi connectivity index (χ1v) is 13.6. The Bertz CT molecular complexity index is 1490. The van der Waals surface area contributed by atoms with E-state index in [-0.39, 0.29) is 16.9 Å². The van der Waals surface area contributed by atoms with Gasteiger partial charge in [-0.15, -0.1) is 0 Å². The molecule has 2 N–H and O–H groups in total. The molecule has 11 heteroatoms. The minimum absolute atomic E-state index is 0.0429. The maximum atomic E-state index is 12.7. The number of amides is 2. The number of hydrogen-bond donors (Lipinski definition) is 2. The van der Waals surface area contributed by atoms with Crippen molar-refractivity contribution in [3.8, 4) is 5.75 Å². The molecular weight excluding hydrogens is 504 g/mol. The Morgan fingerprint density at radius 2 is 1.71 bits per heavy atom. The fourth-order valence-corrected chi connectivity index (χ4v) is 4.46. The third kappa shape index (κ3) is 6.94. The summed E-state index contributed by atoms with van der Waals surface area (Å²) < 4.78 is 33.3. The SMILES string of the molecule is CC(C)COc1cnc(NS(=O)(=O)c2ccc(CCNC(=O)N(C)c3ccc4ccccc4n3)cc2)nc1. The van der Waals surface area contributed by atoms with Crippen LogP contribution in [0.25, 0.3) is 10.9 Å². The molecule has 38 heavy (non-hydrogen) atoms. The Morgan fingerprint density at radius 1 is 1.00 bits per heavy atom. The van der Waals surface area contributed by atoms with Crippen molar-refractivity contribution in [1.29, 1.82) is 0 Å². The minimum atomic E-state index is -3.86. The van der Waals surface area contributed by atoms with Gasteiger partial charge in [0, 0.05) is 19.0 Å². The van der Waals surface area contributed by atoms with Crippen molar-refractivity contribution >= 4 is 38.7 Å². The smallest absolute Gasteiger partial charge is 0.322 e. The summed E-state index contributed by atoms with van der Waals surface area (Å²) in [6, 6.07) is 17.6. The summed E-state index contributed by atoms with van der Waals surface area (Å²) >= 11 is 0. The van der Waals surface area contributed by atoms with E-state index in [0.717, 1.165) is 16.5 Å². The third-order valence-corrected chi connectivity index (χ3v) is 6.94. The first-order chi connectivity index (χ1) is 18.2. The molecule has 0 spiro atoms. The lowest BCUT2D eigenvalue weighted by Gasteiger charge is -2.17. The van der Waals surface area contributed by atoms with Crippen LogP contribution < -0.4 is 19.7 Å². The predicted octanol–water partition coefficient (Wildman–Crippen LogP) is 4.25. The van der Waals surface area contributed by atoms with E-state index in [4.69, 9.17) is 4.74 Å². The van der Waals surface area contributed by atoms with E-state index in [0.29, 0.717) is 37.1 Å². The Kier molecular flexibility index (Phi) is 8.37. The van der Waals surface area contributed by atoms with Crippen LogP contribution in [0, 0.1) is 5.92 Å². The average molecular weight is 535 g/mol. The summed E-state index contributed by atoms with van der Waals surface area (Å²) in [5.41, 5.74) is 1.69. The summed E-state index contributed by atoms with van der Waals surface area (Å²) in [7, 11) is -2.20. The first kappa shape index (κ1) is 26.8. The zero-order chi connectivity index (χ0) is 27.1. The van der Waals surface area contributed by atoms with Gasteiger partial charge in [0.05, 0.1) is 29.4 Å². The average Bonchev–Trinajstić information content (AvgIpc) is 2.92. The maximum Gasteiger partial charge on any atom is 0.322 e. The third-order valence-electron chi connectivity index (χ3n) is 5.59. The second kappa shape index (κ2) is 11.9. The van der Waals surface area contributed by atoms with Crippen molar-refractivity contribution in [3.63, 3.8) is 0 Å². The highest BCUT2D eigenvalue weighted by Gasteiger charge is 2.16. The van der Waals surface area contributed by atoms with Gasteiger partial charge in [-0.2, -0.15) is 0 Å². The number of anilines is 2. The maximum absolute atomic E-state index is 12.7. The minimum Gasteiger partial charge on any atom is -0.490 e. The summed E-state index contributed by atoms with van der Waals surface area (Å²) in [5.74, 6) is 1.32. The largest absolute Gasteiger partial charge is 0.490 e. The second-order valence-corrected chi connectivity index (χ2v) is 10.8. The molecule has 4 rings (SSSR count). The molecule has 0 saturated heterocycles. The van der Waals surface area contributed by atoms with E-state index in [1.165, 1.54) is 29.4 Å². The van der Waals surface area contributed by atoms with Crippen LogP contribution in [0.3, 0.4) is 0 Å². The molecule has 10 nitrogen and oxygen atoms in total. The topological polar surface area (TPSA) is 126 Å². The lowest BCUT2D eigenvalue weighted by molar-refractivity contribution is 0.247. The highest BCUT2D eigenvalue weighted by Crippen LogP contribution is 2.18. The number of fused-ring (bicyclic) bond motifs is 1. The van der Waals surface area contributed by atoms with E-state index < -0.39 is 10.0 Å². The highest BCUT2D eigenvalue weighted by molar-refractivity contribution is 7.92. The molecule has 4 aromatic rings. The highest BCUT2D eigenvalue weighted by atomic mass is 32.2. The molecule has 0 bridgehead atoms. The number of hydrogen-bond acceptors (Lipinski definition) is 7. The van der Waals surface area contributed by atoms with Crippen LogP contribution in [0.4, 0.5) is 16.6 Å². The number of benzene rings is 2. The van der Waals surface area contributed by atoms with Crippen molar-refractivity contribution in [3.05, 3.63) is 78.6 Å². The molecule has 0 radical (unpaired) electrons. The zero-order valence-electron chi connectivity index (χ0n) is 21.5. The molecule has 0 fully saturated rings. The van der Waals surface area contributed by atoms with Gasteiger partial charge >= 0.3 is 6.03 Å². The van der Waals surface area contributed by atoms with Gasteiger partial charge < -0.3 is 10.1 Å². The number of rotatable bonds is 10. The molecule has 0 saturated carbocycles. The normalized spacial score (nSPS) is 11.4. The van der Waals surface area contributed by atoms with Crippen LogP contribution in [0.5, 0.6) is 5.75 Å². The van der Waals surface area contributed by atoms with Crippen LogP contribution in [0.1, 0.15) is 19.4 Å². The molecule has 2 aromatic carbocycles. The number of nitrogens with zero attached hydrogens (tertiary/aromatic N) is 4. The molecular formula is C27H30N6O4S. The van der Waals surface area contributed by atoms with Crippen molar-refractivity contribution in [1.82, 2.24) is 20.3 Å². The number of carbonyl (C=O) groups is 1. The van der Waals surface area contributed by atoms with Gasteiger partial charge in [-0.3, -0.25) is 4.90 Å². The Hall–Kier alpha value is -4.25. The lowest BCUT2D eigenvalue weighted by atomic mass is 10.1. The Morgan fingerprint density at radius 3 is 2.42 bits per heavy atom. The molecule has 0 atom stereocenters. The van der Waals surface area contributed by atoms with E-state index >= 15 is 0 Å². The predicted molar refractivity (Wildman–Crippen MR) is 147 cm³/mol. The summed E-state index contributed by atoms with van der Waals surface area (Å²) in [4.78, 5) is 26.7. The van der Waals surface area contributed by atoms with Crippen LogP contribution in [-0.4, -0.2) is 49.6 Å². The summed E-state index contributed by atoms with van der Waals surface area (Å²) in [6.07, 6.45) is 3.38. The monoisotopic (exact) mass is 534 g/mol. The van der Waals surface area contributed by atoms with Crippen LogP contribution in [0.15, 0.2) is 78.0 Å². The number of sulfonamides is 1. The quantitative estimate of drug-likeness (QED) is 0.311. The van der Waals surface area contributed by atoms with E-state index in [9.17, 15) is 13.2 Å². The van der Waals surface area contributed by atoms with Gasteiger partial charge in [0.25, 0.3) is 10.0 Å². The fourth-order valence-electron chi connectivity index (χ4n) is 3.50. The van der Waals surface area contributed by atoms with Crippen LogP contribution in [0.2, 0.25) is 0 Å². The van der Waals surface area contributed by atoms with Crippen molar-refractivity contribution < 1.29 is 17.9 Å². The standard InChI is InChI=1S/C27H30N6O4S/c1-19(2)18-37-22-16-29-26(30-17-22)32-38(35,36)23-11-8-20(9-12-23)14-15-28-27(34)33(3)25-13-10-21-6-4-5-7-24(21)31-25/h4-13,16-17,19H,14-15,18H2,1-3H3,(H,28,34)(H,29,30,32). The van der Waals surface area contributed by atoms with Gasteiger partial charge in [-0.25, -0.2) is 32.9 Å². The molecule has 2 aromatic heterocycles. The number of para-hydroxylation sites is 1. The summed E-state index contributed by atoms with van der Waals surface area (Å²) in [5, 5.41) is 3.87. The number of ether oxygens (including phenoxy) is 1. The number of aromatic nitrogens is 3. The lowest BCUT2D eigenvalue weighted by Crippen LogP contribution is -2.38. The number of pyridine rings is 1. The van der Waals surface area contributed by atoms with E-state index in [1.807, 2.05) is 44.2 Å². The van der Waals surface area contributed by atoms with Gasteiger partial charge in [0.1, 0.15) is 5.82 Å². The molecule has 2 heterocycles. The number of urea groups is 1. The van der Waals surface area contributed by atoms with E-state index in [2.05, 4.69) is 25.0 Å². The molecule has 2 amide bonds. The summed E-state index contributed by atoms with van der Waals surface area (Å²) in [6.45, 7) is 4.94. The first-order valence-electron chi connectivity index (χ1n) is 12.2. The number of carbonyl (C=O) groups excluding carboxylic acids is 1. The molecule has 0 aliphatic carbocycles.